The molecule has 4 unspecified atom stereocenters. The second-order valence-corrected chi connectivity index (χ2v) is 10.0. The molecule has 9 heteroatoms. The van der Waals surface area contributed by atoms with Crippen molar-refractivity contribution in [3.05, 3.63) is 94.1 Å². The fourth-order valence-corrected chi connectivity index (χ4v) is 6.07. The maximum atomic E-state index is 13.9. The predicted molar refractivity (Wildman–Crippen MR) is 141 cm³/mol. The van der Waals surface area contributed by atoms with Gasteiger partial charge >= 0.3 is 0 Å². The van der Waals surface area contributed by atoms with E-state index in [0.29, 0.717) is 27.2 Å². The van der Waals surface area contributed by atoms with Crippen molar-refractivity contribution in [2.24, 2.45) is 11.8 Å². The molecule has 0 bridgehead atoms. The normalized spacial score (nSPS) is 23.5. The largest absolute Gasteiger partial charge is 0.495 e. The molecule has 37 heavy (non-hydrogen) atoms. The number of hydrogen-bond acceptors (Lipinski definition) is 5. The molecule has 2 fully saturated rings. The van der Waals surface area contributed by atoms with Gasteiger partial charge in [0, 0.05) is 16.2 Å². The Morgan fingerprint density at radius 1 is 0.919 bits per heavy atom. The van der Waals surface area contributed by atoms with E-state index in [1.54, 1.807) is 48.7 Å². The van der Waals surface area contributed by atoms with Crippen LogP contribution in [0.5, 0.6) is 5.75 Å². The van der Waals surface area contributed by atoms with Gasteiger partial charge in [0.15, 0.2) is 0 Å². The fourth-order valence-electron chi connectivity index (χ4n) is 5.71. The van der Waals surface area contributed by atoms with E-state index in [9.17, 15) is 14.4 Å². The quantitative estimate of drug-likeness (QED) is 0.469. The third-order valence-electron chi connectivity index (χ3n) is 7.22. The lowest BCUT2D eigenvalue weighted by Gasteiger charge is -2.35. The topological polar surface area (TPSA) is 79.0 Å². The van der Waals surface area contributed by atoms with Crippen molar-refractivity contribution in [1.29, 1.82) is 0 Å². The summed E-state index contributed by atoms with van der Waals surface area (Å²) in [6.45, 7) is 0. The summed E-state index contributed by atoms with van der Waals surface area (Å²) < 4.78 is 5.39. The van der Waals surface area contributed by atoms with Crippen LogP contribution in [0.25, 0.3) is 6.08 Å². The highest BCUT2D eigenvalue weighted by Gasteiger charge is 2.64. The van der Waals surface area contributed by atoms with Crippen molar-refractivity contribution in [3.63, 3.8) is 0 Å². The number of methoxy groups -OCH3 is 1. The molecular weight excluding hydrogens is 513 g/mol. The van der Waals surface area contributed by atoms with Crippen LogP contribution in [0, 0.1) is 11.8 Å². The van der Waals surface area contributed by atoms with Crippen LogP contribution in [0.3, 0.4) is 0 Å². The summed E-state index contributed by atoms with van der Waals surface area (Å²) in [6.07, 6.45) is 3.70. The average molecular weight is 534 g/mol. The molecule has 0 radical (unpaired) electrons. The first kappa shape index (κ1) is 23.6. The van der Waals surface area contributed by atoms with Gasteiger partial charge in [-0.3, -0.25) is 14.4 Å². The molecule has 2 saturated heterocycles. The Bertz CT molecular complexity index is 1490. The van der Waals surface area contributed by atoms with E-state index in [2.05, 4.69) is 5.32 Å². The Morgan fingerprint density at radius 2 is 1.68 bits per heavy atom. The number of nitrogens with zero attached hydrogens (tertiary/aromatic N) is 2. The second kappa shape index (κ2) is 8.94. The Kier molecular flexibility index (Phi) is 5.70. The zero-order chi connectivity index (χ0) is 25.8. The summed E-state index contributed by atoms with van der Waals surface area (Å²) >= 11 is 12.3. The molecule has 1 N–H and O–H groups in total. The Morgan fingerprint density at radius 3 is 2.46 bits per heavy atom. The molecule has 0 aromatic heterocycles. The highest BCUT2D eigenvalue weighted by molar-refractivity contribution is 6.32. The lowest BCUT2D eigenvalue weighted by Crippen LogP contribution is -2.46. The van der Waals surface area contributed by atoms with Crippen LogP contribution in [0.15, 0.2) is 72.9 Å². The van der Waals surface area contributed by atoms with E-state index in [-0.39, 0.29) is 5.91 Å². The maximum absolute atomic E-state index is 13.9. The molecule has 0 aliphatic carbocycles. The highest BCUT2D eigenvalue weighted by Crippen LogP contribution is 2.53. The number of carbonyl (C=O) groups excluding carboxylic acids is 3. The van der Waals surface area contributed by atoms with Gasteiger partial charge in [-0.1, -0.05) is 53.5 Å². The van der Waals surface area contributed by atoms with Gasteiger partial charge in [-0.05, 0) is 53.6 Å². The molecular formula is C28H21Cl2N3O4. The standard InChI is InChI=1S/C28H21Cl2N3O4/c1-37-21-10-9-17(30)14-20(21)31-26(34)25-23-22(24-19-8-3-2-5-15(19)11-12-32(24)25)27(35)33(28(23)36)18-7-4-6-16(29)13-18/h2-14,22-25H,1H3,(H,31,34). The van der Waals surface area contributed by atoms with Crippen LogP contribution in [-0.2, 0) is 14.4 Å². The van der Waals surface area contributed by atoms with Crippen LogP contribution in [0.2, 0.25) is 10.0 Å². The van der Waals surface area contributed by atoms with Crippen molar-refractivity contribution < 1.29 is 19.1 Å². The van der Waals surface area contributed by atoms with Gasteiger partial charge in [-0.25, -0.2) is 4.90 Å². The summed E-state index contributed by atoms with van der Waals surface area (Å²) in [6, 6.07) is 17.8. The summed E-state index contributed by atoms with van der Waals surface area (Å²) in [4.78, 5) is 44.6. The molecule has 7 nitrogen and oxygen atoms in total. The van der Waals surface area contributed by atoms with Crippen LogP contribution in [-0.4, -0.2) is 35.8 Å². The first-order valence-electron chi connectivity index (χ1n) is 11.7. The molecule has 0 saturated carbocycles. The first-order chi connectivity index (χ1) is 17.9. The van der Waals surface area contributed by atoms with Gasteiger partial charge in [0.2, 0.25) is 17.7 Å². The van der Waals surface area contributed by atoms with Gasteiger partial charge in [-0.15, -0.1) is 0 Å². The SMILES string of the molecule is COc1ccc(Cl)cc1NC(=O)C1C2C(=O)N(c3cccc(Cl)c3)C(=O)C2C2c3ccccc3C=CN12. The van der Waals surface area contributed by atoms with E-state index in [1.165, 1.54) is 12.0 Å². The molecule has 186 valence electrons. The summed E-state index contributed by atoms with van der Waals surface area (Å²) in [7, 11) is 1.49. The highest BCUT2D eigenvalue weighted by atomic mass is 35.5. The number of rotatable bonds is 4. The molecule has 3 aromatic rings. The Labute approximate surface area is 223 Å². The van der Waals surface area contributed by atoms with Crippen LogP contribution in [0.4, 0.5) is 11.4 Å². The predicted octanol–water partition coefficient (Wildman–Crippen LogP) is 5.16. The lowest BCUT2D eigenvalue weighted by molar-refractivity contribution is -0.128. The van der Waals surface area contributed by atoms with Gasteiger partial charge < -0.3 is 15.0 Å². The van der Waals surface area contributed by atoms with Gasteiger partial charge in [-0.2, -0.15) is 0 Å². The average Bonchev–Trinajstić information content (AvgIpc) is 3.36. The number of imide groups is 1. The zero-order valence-electron chi connectivity index (χ0n) is 19.6. The third kappa shape index (κ3) is 3.69. The number of amides is 3. The van der Waals surface area contributed by atoms with Crippen molar-refractivity contribution >= 4 is 58.4 Å². The number of nitrogens with one attached hydrogen (secondary N) is 1. The van der Waals surface area contributed by atoms with Gasteiger partial charge in [0.05, 0.1) is 36.4 Å². The van der Waals surface area contributed by atoms with Crippen LogP contribution in [0.1, 0.15) is 17.2 Å². The zero-order valence-corrected chi connectivity index (χ0v) is 21.1. The van der Waals surface area contributed by atoms with Crippen LogP contribution >= 0.6 is 23.2 Å². The molecule has 0 spiro atoms. The van der Waals surface area contributed by atoms with Crippen molar-refractivity contribution in [1.82, 2.24) is 4.90 Å². The molecule has 3 heterocycles. The number of fused-ring (bicyclic) bond motifs is 5. The minimum Gasteiger partial charge on any atom is -0.495 e. The van der Waals surface area contributed by atoms with Gasteiger partial charge in [0.25, 0.3) is 0 Å². The molecule has 3 amide bonds. The van der Waals surface area contributed by atoms with E-state index in [1.807, 2.05) is 35.2 Å². The summed E-state index contributed by atoms with van der Waals surface area (Å²) in [5, 5.41) is 3.71. The third-order valence-corrected chi connectivity index (χ3v) is 7.69. The number of hydrogen-bond donors (Lipinski definition) is 1. The maximum Gasteiger partial charge on any atom is 0.248 e. The first-order valence-corrected chi connectivity index (χ1v) is 12.5. The van der Waals surface area contributed by atoms with Crippen LogP contribution < -0.4 is 15.0 Å². The number of ether oxygens (including phenoxy) is 1. The van der Waals surface area contributed by atoms with Crippen molar-refractivity contribution in [2.45, 2.75) is 12.1 Å². The smallest absolute Gasteiger partial charge is 0.248 e. The van der Waals surface area contributed by atoms with E-state index >= 15 is 0 Å². The van der Waals surface area contributed by atoms with E-state index < -0.39 is 35.7 Å². The molecule has 6 rings (SSSR count). The summed E-state index contributed by atoms with van der Waals surface area (Å²) in [5.74, 6) is -2.45. The molecule has 3 aliphatic rings. The Balaban J connectivity index is 1.45. The minimum atomic E-state index is -0.941. The number of benzene rings is 3. The molecule has 4 atom stereocenters. The lowest BCUT2D eigenvalue weighted by atomic mass is 9.84. The number of anilines is 2. The molecule has 3 aliphatic heterocycles. The fraction of sp³-hybridized carbons (Fsp3) is 0.179. The number of carbonyl (C=O) groups is 3. The van der Waals surface area contributed by atoms with Gasteiger partial charge in [0.1, 0.15) is 11.8 Å². The molecule has 3 aromatic carbocycles. The van der Waals surface area contributed by atoms with E-state index in [4.69, 9.17) is 27.9 Å². The minimum absolute atomic E-state index is 0.354. The monoisotopic (exact) mass is 533 g/mol. The second-order valence-electron chi connectivity index (χ2n) is 9.16. The summed E-state index contributed by atoms with van der Waals surface area (Å²) in [5.41, 5.74) is 2.61. The van der Waals surface area contributed by atoms with Crippen molar-refractivity contribution in [2.75, 3.05) is 17.3 Å². The van der Waals surface area contributed by atoms with E-state index in [0.717, 1.165) is 11.1 Å². The van der Waals surface area contributed by atoms with Crippen molar-refractivity contribution in [3.8, 4) is 5.75 Å². The Hall–Kier alpha value is -3.81. The number of halogens is 2.